The fourth-order valence-electron chi connectivity index (χ4n) is 4.79. The van der Waals surface area contributed by atoms with Crippen LogP contribution in [0.25, 0.3) is 10.2 Å². The molecule has 2 unspecified atom stereocenters. The van der Waals surface area contributed by atoms with Crippen LogP contribution in [-0.2, 0) is 11.3 Å². The maximum Gasteiger partial charge on any atom is 0.224 e. The van der Waals surface area contributed by atoms with Gasteiger partial charge in [0.1, 0.15) is 5.82 Å². The van der Waals surface area contributed by atoms with Crippen LogP contribution in [0.1, 0.15) is 30.4 Å². The van der Waals surface area contributed by atoms with E-state index in [4.69, 9.17) is 6.42 Å². The summed E-state index contributed by atoms with van der Waals surface area (Å²) in [7, 11) is 0. The number of thiazole rings is 1. The van der Waals surface area contributed by atoms with Gasteiger partial charge in [-0.15, -0.1) is 17.8 Å². The van der Waals surface area contributed by atoms with Gasteiger partial charge < -0.3 is 15.1 Å². The molecule has 2 bridgehead atoms. The molecule has 0 aliphatic carbocycles. The summed E-state index contributed by atoms with van der Waals surface area (Å²) in [5.41, 5.74) is 4.95. The van der Waals surface area contributed by atoms with Crippen LogP contribution in [0, 0.1) is 12.3 Å². The highest BCUT2D eigenvalue weighted by Crippen LogP contribution is 2.32. The van der Waals surface area contributed by atoms with Gasteiger partial charge >= 0.3 is 0 Å². The van der Waals surface area contributed by atoms with Crippen molar-refractivity contribution in [3.05, 3.63) is 53.2 Å². The lowest BCUT2D eigenvalue weighted by atomic mass is 10.1. The molecule has 0 saturated carbocycles. The third-order valence-corrected chi connectivity index (χ3v) is 7.20. The Morgan fingerprint density at radius 3 is 2.77 bits per heavy atom. The molecule has 1 aromatic carbocycles. The molecule has 2 saturated heterocycles. The van der Waals surface area contributed by atoms with E-state index in [-0.39, 0.29) is 18.0 Å². The Morgan fingerprint density at radius 1 is 1.19 bits per heavy atom. The van der Waals surface area contributed by atoms with Crippen molar-refractivity contribution in [1.82, 2.24) is 20.2 Å². The average molecular weight is 432 g/mol. The number of hydrogen-bond acceptors (Lipinski definition) is 6. The van der Waals surface area contributed by atoms with E-state index in [1.165, 1.54) is 10.3 Å². The minimum absolute atomic E-state index is 0.256. The number of pyridine rings is 1. The summed E-state index contributed by atoms with van der Waals surface area (Å²) in [5, 5.41) is 3.44. The first-order valence-electron chi connectivity index (χ1n) is 10.7. The number of carbonyl (C=O) groups is 1. The van der Waals surface area contributed by atoms with Crippen LogP contribution >= 0.6 is 11.3 Å². The number of anilines is 1. The lowest BCUT2D eigenvalue weighted by molar-refractivity contribution is -0.134. The molecule has 2 atom stereocenters. The molecular formula is C24H25N5OS. The van der Waals surface area contributed by atoms with Crippen LogP contribution in [0.5, 0.6) is 0 Å². The Morgan fingerprint density at radius 2 is 2.03 bits per heavy atom. The van der Waals surface area contributed by atoms with Gasteiger partial charge in [-0.1, -0.05) is 18.1 Å². The summed E-state index contributed by atoms with van der Waals surface area (Å²) in [6.07, 6.45) is 9.83. The van der Waals surface area contributed by atoms with Crippen molar-refractivity contribution in [2.24, 2.45) is 0 Å². The Labute approximate surface area is 186 Å². The van der Waals surface area contributed by atoms with Crippen LogP contribution in [0.15, 0.2) is 42.0 Å². The topological polar surface area (TPSA) is 61.4 Å². The summed E-state index contributed by atoms with van der Waals surface area (Å²) in [5.74, 6) is 3.81. The molecule has 2 aliphatic rings. The largest absolute Gasteiger partial charge is 0.352 e. The summed E-state index contributed by atoms with van der Waals surface area (Å²) >= 11 is 1.66. The summed E-state index contributed by atoms with van der Waals surface area (Å²) in [6, 6.07) is 10.7. The molecule has 4 heterocycles. The van der Waals surface area contributed by atoms with Crippen LogP contribution in [0.4, 0.5) is 5.82 Å². The second-order valence-electron chi connectivity index (χ2n) is 8.18. The zero-order chi connectivity index (χ0) is 21.2. The van der Waals surface area contributed by atoms with Crippen LogP contribution in [0.2, 0.25) is 0 Å². The molecule has 5 rings (SSSR count). The molecule has 31 heavy (non-hydrogen) atoms. The van der Waals surface area contributed by atoms with Crippen molar-refractivity contribution < 1.29 is 4.79 Å². The SMILES string of the molecule is C#Cc1ccc(N2CC3CCC(C2)N3C(=O)CCNCc2cccc3ncsc23)nc1. The summed E-state index contributed by atoms with van der Waals surface area (Å²) in [4.78, 5) is 26.3. The molecule has 2 aromatic heterocycles. The van der Waals surface area contributed by atoms with E-state index in [1.807, 2.05) is 29.8 Å². The first-order valence-corrected chi connectivity index (χ1v) is 11.6. The van der Waals surface area contributed by atoms with Crippen LogP contribution < -0.4 is 10.2 Å². The summed E-state index contributed by atoms with van der Waals surface area (Å²) < 4.78 is 1.22. The number of fused-ring (bicyclic) bond motifs is 3. The van der Waals surface area contributed by atoms with Gasteiger partial charge in [-0.3, -0.25) is 4.79 Å². The van der Waals surface area contributed by atoms with E-state index in [0.29, 0.717) is 13.0 Å². The van der Waals surface area contributed by atoms with E-state index in [1.54, 1.807) is 17.5 Å². The van der Waals surface area contributed by atoms with Crippen LogP contribution in [0.3, 0.4) is 0 Å². The van der Waals surface area contributed by atoms with Gasteiger partial charge in [-0.05, 0) is 36.6 Å². The zero-order valence-electron chi connectivity index (χ0n) is 17.3. The average Bonchev–Trinajstić information content (AvgIpc) is 3.39. The number of piperazine rings is 1. The van der Waals surface area contributed by atoms with Gasteiger partial charge in [0.05, 0.1) is 15.7 Å². The highest BCUT2D eigenvalue weighted by Gasteiger charge is 2.42. The lowest BCUT2D eigenvalue weighted by Gasteiger charge is -2.41. The lowest BCUT2D eigenvalue weighted by Crippen LogP contribution is -2.56. The highest BCUT2D eigenvalue weighted by atomic mass is 32.1. The van der Waals surface area contributed by atoms with Gasteiger partial charge in [-0.25, -0.2) is 9.97 Å². The number of carbonyl (C=O) groups excluding carboxylic acids is 1. The molecule has 0 radical (unpaired) electrons. The number of nitrogens with one attached hydrogen (secondary N) is 1. The number of aromatic nitrogens is 2. The first kappa shape index (κ1) is 20.0. The third-order valence-electron chi connectivity index (χ3n) is 6.28. The number of amides is 1. The van der Waals surface area contributed by atoms with E-state index < -0.39 is 0 Å². The van der Waals surface area contributed by atoms with Gasteiger partial charge in [0.2, 0.25) is 5.91 Å². The smallest absolute Gasteiger partial charge is 0.224 e. The van der Waals surface area contributed by atoms with Crippen molar-refractivity contribution in [3.63, 3.8) is 0 Å². The van der Waals surface area contributed by atoms with E-state index in [2.05, 4.69) is 37.1 Å². The van der Waals surface area contributed by atoms with E-state index in [9.17, 15) is 4.79 Å². The molecule has 3 aromatic rings. The minimum atomic E-state index is 0.256. The molecule has 2 fully saturated rings. The number of rotatable bonds is 6. The Kier molecular flexibility index (Phi) is 5.58. The fraction of sp³-hybridized carbons (Fsp3) is 0.375. The number of nitrogens with zero attached hydrogens (tertiary/aromatic N) is 4. The molecular weight excluding hydrogens is 406 g/mol. The van der Waals surface area contributed by atoms with Crippen molar-refractivity contribution in [2.75, 3.05) is 24.5 Å². The van der Waals surface area contributed by atoms with Crippen LogP contribution in [-0.4, -0.2) is 52.5 Å². The Bertz CT molecular complexity index is 1100. The summed E-state index contributed by atoms with van der Waals surface area (Å²) in [6.45, 7) is 3.12. The number of hydrogen-bond donors (Lipinski definition) is 1. The molecule has 1 amide bonds. The predicted octanol–water partition coefficient (Wildman–Crippen LogP) is 3.03. The molecule has 6 nitrogen and oxygen atoms in total. The van der Waals surface area contributed by atoms with Gasteiger partial charge in [0.15, 0.2) is 0 Å². The van der Waals surface area contributed by atoms with Crippen molar-refractivity contribution in [3.8, 4) is 12.3 Å². The van der Waals surface area contributed by atoms with E-state index in [0.717, 1.165) is 49.4 Å². The van der Waals surface area contributed by atoms with Crippen molar-refractivity contribution >= 4 is 33.3 Å². The van der Waals surface area contributed by atoms with Crippen molar-refractivity contribution in [2.45, 2.75) is 37.9 Å². The van der Waals surface area contributed by atoms with E-state index >= 15 is 0 Å². The first-order chi connectivity index (χ1) is 15.2. The Hall–Kier alpha value is -2.95. The minimum Gasteiger partial charge on any atom is -0.352 e. The highest BCUT2D eigenvalue weighted by molar-refractivity contribution is 7.16. The quantitative estimate of drug-likeness (QED) is 0.480. The maximum atomic E-state index is 13.0. The molecule has 158 valence electrons. The Balaban J connectivity index is 1.14. The van der Waals surface area contributed by atoms with Gasteiger partial charge in [-0.2, -0.15) is 0 Å². The zero-order valence-corrected chi connectivity index (χ0v) is 18.1. The molecule has 2 aliphatic heterocycles. The van der Waals surface area contributed by atoms with Gasteiger partial charge in [0, 0.05) is 56.4 Å². The second kappa shape index (κ2) is 8.66. The standard InChI is InChI=1S/C24H25N5OS/c1-2-17-6-9-22(26-12-17)28-14-19-7-8-20(15-28)29(19)23(30)10-11-25-13-18-4-3-5-21-24(18)31-16-27-21/h1,3-6,9,12,16,19-20,25H,7-8,10-11,13-15H2. The van der Waals surface area contributed by atoms with Gasteiger partial charge in [0.25, 0.3) is 0 Å². The monoisotopic (exact) mass is 431 g/mol. The molecule has 1 N–H and O–H groups in total. The molecule has 0 spiro atoms. The third kappa shape index (κ3) is 4.01. The number of terminal acetylenes is 1. The normalized spacial score (nSPS) is 20.2. The number of benzene rings is 1. The predicted molar refractivity (Wildman–Crippen MR) is 124 cm³/mol. The molecule has 7 heteroatoms. The second-order valence-corrected chi connectivity index (χ2v) is 9.04. The van der Waals surface area contributed by atoms with Crippen molar-refractivity contribution in [1.29, 1.82) is 0 Å². The fourth-order valence-corrected chi connectivity index (χ4v) is 5.59. The maximum absolute atomic E-state index is 13.0.